The van der Waals surface area contributed by atoms with Gasteiger partial charge in [-0.05, 0) is 39.5 Å². The molecule has 0 saturated carbocycles. The van der Waals surface area contributed by atoms with E-state index in [0.717, 1.165) is 36.5 Å². The van der Waals surface area contributed by atoms with E-state index in [9.17, 15) is 0 Å². The molecule has 1 fully saturated rings. The van der Waals surface area contributed by atoms with Crippen LogP contribution in [0.15, 0.2) is 6.07 Å². The summed E-state index contributed by atoms with van der Waals surface area (Å²) in [5, 5.41) is 3.28. The number of rotatable bonds is 3. The van der Waals surface area contributed by atoms with Gasteiger partial charge in [0.25, 0.3) is 0 Å². The predicted octanol–water partition coefficient (Wildman–Crippen LogP) is 2.84. The van der Waals surface area contributed by atoms with E-state index in [0.29, 0.717) is 6.04 Å². The topological polar surface area (TPSA) is 41.0 Å². The van der Waals surface area contributed by atoms with Crippen LogP contribution in [0.1, 0.15) is 39.4 Å². The molecule has 2 unspecified atom stereocenters. The SMILES string of the molecule is CCNc1cc(N2CC(C)CCC2C)nc(C)n1. The Morgan fingerprint density at radius 2 is 2.11 bits per heavy atom. The van der Waals surface area contributed by atoms with E-state index in [1.165, 1.54) is 12.8 Å². The van der Waals surface area contributed by atoms with E-state index in [1.54, 1.807) is 0 Å². The molecule has 1 saturated heterocycles. The summed E-state index contributed by atoms with van der Waals surface area (Å²) in [4.78, 5) is 11.4. The molecule has 1 aliphatic heterocycles. The van der Waals surface area contributed by atoms with Gasteiger partial charge in [-0.2, -0.15) is 0 Å². The first-order valence-electron chi connectivity index (χ1n) is 6.96. The molecule has 100 valence electrons. The summed E-state index contributed by atoms with van der Waals surface area (Å²) in [6.07, 6.45) is 2.57. The quantitative estimate of drug-likeness (QED) is 0.893. The Balaban J connectivity index is 2.25. The van der Waals surface area contributed by atoms with Crippen LogP contribution in [0.4, 0.5) is 11.6 Å². The average molecular weight is 248 g/mol. The molecule has 0 radical (unpaired) electrons. The second kappa shape index (κ2) is 5.55. The molecule has 0 spiro atoms. The number of hydrogen-bond donors (Lipinski definition) is 1. The van der Waals surface area contributed by atoms with Crippen LogP contribution in [0.2, 0.25) is 0 Å². The first-order valence-corrected chi connectivity index (χ1v) is 6.96. The molecule has 4 heteroatoms. The van der Waals surface area contributed by atoms with E-state index < -0.39 is 0 Å². The largest absolute Gasteiger partial charge is 0.370 e. The summed E-state index contributed by atoms with van der Waals surface area (Å²) in [6, 6.07) is 2.65. The molecule has 0 aromatic carbocycles. The van der Waals surface area contributed by atoms with Crippen molar-refractivity contribution in [2.75, 3.05) is 23.3 Å². The minimum absolute atomic E-state index is 0.574. The fraction of sp³-hybridized carbons (Fsp3) is 0.714. The molecule has 4 nitrogen and oxygen atoms in total. The molecule has 1 aromatic rings. The van der Waals surface area contributed by atoms with Gasteiger partial charge in [-0.25, -0.2) is 9.97 Å². The Kier molecular flexibility index (Phi) is 4.04. The third kappa shape index (κ3) is 2.92. The van der Waals surface area contributed by atoms with Gasteiger partial charge in [-0.15, -0.1) is 0 Å². The molecular weight excluding hydrogens is 224 g/mol. The van der Waals surface area contributed by atoms with Crippen molar-refractivity contribution in [3.05, 3.63) is 11.9 Å². The molecule has 1 aromatic heterocycles. The summed E-state index contributed by atoms with van der Waals surface area (Å²) in [5.41, 5.74) is 0. The van der Waals surface area contributed by atoms with Crippen molar-refractivity contribution in [2.24, 2.45) is 5.92 Å². The van der Waals surface area contributed by atoms with Crippen molar-refractivity contribution in [2.45, 2.75) is 46.6 Å². The zero-order valence-corrected chi connectivity index (χ0v) is 11.9. The van der Waals surface area contributed by atoms with Gasteiger partial charge in [0.1, 0.15) is 17.5 Å². The molecule has 2 atom stereocenters. The third-order valence-corrected chi connectivity index (χ3v) is 3.59. The Labute approximate surface area is 110 Å². The highest BCUT2D eigenvalue weighted by atomic mass is 15.2. The molecular formula is C14H24N4. The zero-order valence-electron chi connectivity index (χ0n) is 11.9. The molecule has 0 aliphatic carbocycles. The second-order valence-corrected chi connectivity index (χ2v) is 5.37. The van der Waals surface area contributed by atoms with Crippen LogP contribution >= 0.6 is 0 Å². The predicted molar refractivity (Wildman–Crippen MR) is 76.1 cm³/mol. The minimum atomic E-state index is 0.574. The van der Waals surface area contributed by atoms with Crippen molar-refractivity contribution >= 4 is 11.6 Å². The lowest BCUT2D eigenvalue weighted by Crippen LogP contribution is -2.41. The molecule has 18 heavy (non-hydrogen) atoms. The van der Waals surface area contributed by atoms with Crippen LogP contribution in [0.3, 0.4) is 0 Å². The highest BCUT2D eigenvalue weighted by molar-refractivity contribution is 5.50. The fourth-order valence-corrected chi connectivity index (χ4v) is 2.58. The maximum absolute atomic E-state index is 4.60. The van der Waals surface area contributed by atoms with Gasteiger partial charge in [0.2, 0.25) is 0 Å². The summed E-state index contributed by atoms with van der Waals surface area (Å²) in [7, 11) is 0. The van der Waals surface area contributed by atoms with Gasteiger partial charge in [-0.1, -0.05) is 6.92 Å². The van der Waals surface area contributed by atoms with E-state index in [2.05, 4.69) is 47.0 Å². The summed E-state index contributed by atoms with van der Waals surface area (Å²) >= 11 is 0. The number of anilines is 2. The molecule has 1 aliphatic rings. The van der Waals surface area contributed by atoms with Crippen molar-refractivity contribution in [1.82, 2.24) is 9.97 Å². The normalized spacial score (nSPS) is 24.1. The number of aromatic nitrogens is 2. The van der Waals surface area contributed by atoms with Gasteiger partial charge in [-0.3, -0.25) is 0 Å². The lowest BCUT2D eigenvalue weighted by molar-refractivity contribution is 0.388. The van der Waals surface area contributed by atoms with E-state index in [1.807, 2.05) is 6.92 Å². The van der Waals surface area contributed by atoms with E-state index in [-0.39, 0.29) is 0 Å². The maximum Gasteiger partial charge on any atom is 0.134 e. The van der Waals surface area contributed by atoms with Gasteiger partial charge >= 0.3 is 0 Å². The van der Waals surface area contributed by atoms with Crippen LogP contribution in [0.5, 0.6) is 0 Å². The Morgan fingerprint density at radius 3 is 2.83 bits per heavy atom. The lowest BCUT2D eigenvalue weighted by Gasteiger charge is -2.37. The lowest BCUT2D eigenvalue weighted by atomic mass is 9.95. The Hall–Kier alpha value is -1.32. The standard InChI is InChI=1S/C14H24N4/c1-5-15-13-8-14(17-12(4)16-13)18-9-10(2)6-7-11(18)3/h8,10-11H,5-7,9H2,1-4H3,(H,15,16,17). The van der Waals surface area contributed by atoms with Crippen LogP contribution in [-0.4, -0.2) is 29.1 Å². The molecule has 1 N–H and O–H groups in total. The maximum atomic E-state index is 4.60. The number of nitrogens with zero attached hydrogens (tertiary/aromatic N) is 3. The van der Waals surface area contributed by atoms with Crippen LogP contribution < -0.4 is 10.2 Å². The third-order valence-electron chi connectivity index (χ3n) is 3.59. The Bertz CT molecular complexity index is 405. The minimum Gasteiger partial charge on any atom is -0.370 e. The van der Waals surface area contributed by atoms with E-state index >= 15 is 0 Å². The molecule has 0 bridgehead atoms. The van der Waals surface area contributed by atoms with Gasteiger partial charge < -0.3 is 10.2 Å². The van der Waals surface area contributed by atoms with Gasteiger partial charge in [0.05, 0.1) is 0 Å². The zero-order chi connectivity index (χ0) is 13.1. The Morgan fingerprint density at radius 1 is 1.33 bits per heavy atom. The smallest absolute Gasteiger partial charge is 0.134 e. The number of piperidine rings is 1. The van der Waals surface area contributed by atoms with Crippen molar-refractivity contribution in [3.63, 3.8) is 0 Å². The average Bonchev–Trinajstić information content (AvgIpc) is 2.32. The number of aryl methyl sites for hydroxylation is 1. The summed E-state index contributed by atoms with van der Waals surface area (Å²) in [5.74, 6) is 3.59. The van der Waals surface area contributed by atoms with Crippen molar-refractivity contribution < 1.29 is 0 Å². The summed E-state index contributed by atoms with van der Waals surface area (Å²) in [6.45, 7) is 10.6. The van der Waals surface area contributed by atoms with Crippen molar-refractivity contribution in [1.29, 1.82) is 0 Å². The number of nitrogens with one attached hydrogen (secondary N) is 1. The van der Waals surface area contributed by atoms with Gasteiger partial charge in [0.15, 0.2) is 0 Å². The second-order valence-electron chi connectivity index (χ2n) is 5.37. The summed E-state index contributed by atoms with van der Waals surface area (Å²) < 4.78 is 0. The highest BCUT2D eigenvalue weighted by Crippen LogP contribution is 2.27. The van der Waals surface area contributed by atoms with Crippen LogP contribution in [0, 0.1) is 12.8 Å². The first-order chi connectivity index (χ1) is 8.60. The molecule has 2 heterocycles. The fourth-order valence-electron chi connectivity index (χ4n) is 2.58. The number of hydrogen-bond acceptors (Lipinski definition) is 4. The molecule has 2 rings (SSSR count). The van der Waals surface area contributed by atoms with Crippen molar-refractivity contribution in [3.8, 4) is 0 Å². The van der Waals surface area contributed by atoms with Gasteiger partial charge in [0, 0.05) is 25.2 Å². The molecule has 0 amide bonds. The monoisotopic (exact) mass is 248 g/mol. The van der Waals surface area contributed by atoms with E-state index in [4.69, 9.17) is 0 Å². The first kappa shape index (κ1) is 13.1. The van der Waals surface area contributed by atoms with Crippen LogP contribution in [0.25, 0.3) is 0 Å². The van der Waals surface area contributed by atoms with Crippen LogP contribution in [-0.2, 0) is 0 Å². The highest BCUT2D eigenvalue weighted by Gasteiger charge is 2.24.